The van der Waals surface area contributed by atoms with E-state index in [0.29, 0.717) is 0 Å². The molecule has 0 aromatic heterocycles. The van der Waals surface area contributed by atoms with E-state index in [1.54, 1.807) is 5.06 Å². The largest absolute Gasteiger partial charge is 0.294 e. The third-order valence-electron chi connectivity index (χ3n) is 1.30. The first-order chi connectivity index (χ1) is 4.98. The molecule has 0 aromatic carbocycles. The lowest BCUT2D eigenvalue weighted by Crippen LogP contribution is -2.31. The second-order valence-corrected chi connectivity index (χ2v) is 3.37. The van der Waals surface area contributed by atoms with Crippen LogP contribution in [0.3, 0.4) is 0 Å². The van der Waals surface area contributed by atoms with Crippen molar-refractivity contribution in [2.24, 2.45) is 0 Å². The summed E-state index contributed by atoms with van der Waals surface area (Å²) in [5.74, 6) is 2.60. The third-order valence-corrected chi connectivity index (χ3v) is 1.30. The van der Waals surface area contributed by atoms with Gasteiger partial charge in [0.25, 0.3) is 0 Å². The van der Waals surface area contributed by atoms with Gasteiger partial charge >= 0.3 is 0 Å². The summed E-state index contributed by atoms with van der Waals surface area (Å²) in [5.41, 5.74) is -0.143. The van der Waals surface area contributed by atoms with Crippen LogP contribution in [0.1, 0.15) is 26.7 Å². The Hall–Kier alpha value is -0.520. The number of rotatable bonds is 4. The van der Waals surface area contributed by atoms with Crippen LogP contribution in [-0.4, -0.2) is 24.8 Å². The molecule has 0 radical (unpaired) electrons. The Labute approximate surface area is 69.5 Å². The van der Waals surface area contributed by atoms with Crippen molar-refractivity contribution in [3.63, 3.8) is 0 Å². The normalized spacial score (nSPS) is 11.6. The first kappa shape index (κ1) is 10.5. The molecule has 0 saturated heterocycles. The van der Waals surface area contributed by atoms with E-state index in [0.717, 1.165) is 12.8 Å². The van der Waals surface area contributed by atoms with Crippen molar-refractivity contribution < 1.29 is 4.84 Å². The van der Waals surface area contributed by atoms with Gasteiger partial charge in [0.1, 0.15) is 0 Å². The van der Waals surface area contributed by atoms with Gasteiger partial charge in [-0.15, -0.1) is 12.3 Å². The van der Waals surface area contributed by atoms with Crippen LogP contribution in [0.15, 0.2) is 0 Å². The zero-order chi connectivity index (χ0) is 8.91. The van der Waals surface area contributed by atoms with Crippen molar-refractivity contribution in [1.82, 2.24) is 5.06 Å². The zero-order valence-electron chi connectivity index (χ0n) is 7.85. The Morgan fingerprint density at radius 1 is 1.45 bits per heavy atom. The van der Waals surface area contributed by atoms with Crippen LogP contribution in [0.2, 0.25) is 0 Å². The summed E-state index contributed by atoms with van der Waals surface area (Å²) in [6, 6.07) is 0. The molecular weight excluding hydrogens is 138 g/mol. The van der Waals surface area contributed by atoms with Gasteiger partial charge in [-0.05, 0) is 20.3 Å². The highest BCUT2D eigenvalue weighted by Crippen LogP contribution is 2.16. The first-order valence-corrected chi connectivity index (χ1v) is 3.78. The van der Waals surface area contributed by atoms with Crippen molar-refractivity contribution in [2.45, 2.75) is 32.3 Å². The molecule has 0 aliphatic carbocycles. The lowest BCUT2D eigenvalue weighted by atomic mass is 10.0. The molecule has 2 heteroatoms. The molecule has 0 spiro atoms. The molecule has 0 amide bonds. The van der Waals surface area contributed by atoms with E-state index in [1.165, 1.54) is 0 Å². The van der Waals surface area contributed by atoms with E-state index < -0.39 is 0 Å². The average Bonchev–Trinajstić information content (AvgIpc) is 1.81. The van der Waals surface area contributed by atoms with Gasteiger partial charge in [-0.2, -0.15) is 5.06 Å². The molecule has 0 rings (SSSR count). The highest BCUT2D eigenvalue weighted by molar-refractivity contribution is 4.86. The summed E-state index contributed by atoms with van der Waals surface area (Å²) in [7, 11) is 3.75. The first-order valence-electron chi connectivity index (χ1n) is 3.78. The second-order valence-electron chi connectivity index (χ2n) is 3.37. The van der Waals surface area contributed by atoms with Crippen molar-refractivity contribution >= 4 is 0 Å². The zero-order valence-corrected chi connectivity index (χ0v) is 7.85. The molecule has 0 N–H and O–H groups in total. The maximum absolute atomic E-state index is 5.48. The number of hydrogen-bond acceptors (Lipinski definition) is 2. The Bertz CT molecular complexity index is 144. The molecule has 2 nitrogen and oxygen atoms in total. The highest BCUT2D eigenvalue weighted by Gasteiger charge is 2.18. The predicted molar refractivity (Wildman–Crippen MR) is 46.9 cm³/mol. The van der Waals surface area contributed by atoms with Crippen LogP contribution in [0.5, 0.6) is 0 Å². The summed E-state index contributed by atoms with van der Waals surface area (Å²) >= 11 is 0. The van der Waals surface area contributed by atoms with Gasteiger partial charge in [0, 0.05) is 20.5 Å². The molecule has 0 aliphatic rings. The summed E-state index contributed by atoms with van der Waals surface area (Å²) in [4.78, 5) is 5.48. The second kappa shape index (κ2) is 4.38. The molecule has 0 aliphatic heterocycles. The van der Waals surface area contributed by atoms with E-state index in [1.807, 2.05) is 27.9 Å². The van der Waals surface area contributed by atoms with Crippen molar-refractivity contribution in [2.75, 3.05) is 14.1 Å². The molecule has 0 heterocycles. The van der Waals surface area contributed by atoms with Crippen molar-refractivity contribution in [3.8, 4) is 12.3 Å². The van der Waals surface area contributed by atoms with Gasteiger partial charge in [-0.3, -0.25) is 4.84 Å². The van der Waals surface area contributed by atoms with Gasteiger partial charge < -0.3 is 0 Å². The minimum Gasteiger partial charge on any atom is -0.294 e. The molecule has 0 saturated carbocycles. The van der Waals surface area contributed by atoms with Crippen molar-refractivity contribution in [3.05, 3.63) is 0 Å². The van der Waals surface area contributed by atoms with Gasteiger partial charge in [0.05, 0.1) is 5.60 Å². The van der Waals surface area contributed by atoms with Gasteiger partial charge in [0.15, 0.2) is 0 Å². The van der Waals surface area contributed by atoms with Gasteiger partial charge in [-0.1, -0.05) is 0 Å². The Morgan fingerprint density at radius 2 is 2.00 bits per heavy atom. The van der Waals surface area contributed by atoms with Crippen LogP contribution >= 0.6 is 0 Å². The summed E-state index contributed by atoms with van der Waals surface area (Å²) in [6.07, 6.45) is 6.80. The SMILES string of the molecule is C#CCCC(C)(C)ON(C)C. The van der Waals surface area contributed by atoms with Crippen LogP contribution < -0.4 is 0 Å². The fourth-order valence-corrected chi connectivity index (χ4v) is 0.913. The summed E-state index contributed by atoms with van der Waals surface area (Å²) < 4.78 is 0. The monoisotopic (exact) mass is 155 g/mol. The minimum atomic E-state index is -0.143. The smallest absolute Gasteiger partial charge is 0.0852 e. The minimum absolute atomic E-state index is 0.143. The quantitative estimate of drug-likeness (QED) is 0.452. The molecule has 64 valence electrons. The molecule has 0 fully saturated rings. The van der Waals surface area contributed by atoms with Crippen LogP contribution in [-0.2, 0) is 4.84 Å². The third kappa shape index (κ3) is 5.90. The van der Waals surface area contributed by atoms with E-state index >= 15 is 0 Å². The molecule has 11 heavy (non-hydrogen) atoms. The van der Waals surface area contributed by atoms with E-state index in [2.05, 4.69) is 5.92 Å². The molecule has 0 atom stereocenters. The lowest BCUT2D eigenvalue weighted by molar-refractivity contribution is -0.208. The average molecular weight is 155 g/mol. The van der Waals surface area contributed by atoms with E-state index in [4.69, 9.17) is 11.3 Å². The van der Waals surface area contributed by atoms with Gasteiger partial charge in [-0.25, -0.2) is 0 Å². The standard InChI is InChI=1S/C9H17NO/c1-6-7-8-9(2,3)11-10(4)5/h1H,7-8H2,2-5H3. The van der Waals surface area contributed by atoms with Crippen LogP contribution in [0.4, 0.5) is 0 Å². The van der Waals surface area contributed by atoms with Crippen LogP contribution in [0.25, 0.3) is 0 Å². The number of terminal acetylenes is 1. The molecular formula is C9H17NO. The Morgan fingerprint density at radius 3 is 2.36 bits per heavy atom. The topological polar surface area (TPSA) is 12.5 Å². The van der Waals surface area contributed by atoms with Crippen LogP contribution in [0, 0.1) is 12.3 Å². The molecule has 0 unspecified atom stereocenters. The maximum atomic E-state index is 5.48. The fraction of sp³-hybridized carbons (Fsp3) is 0.778. The fourth-order valence-electron chi connectivity index (χ4n) is 0.913. The van der Waals surface area contributed by atoms with Crippen molar-refractivity contribution in [1.29, 1.82) is 0 Å². The number of nitrogens with zero attached hydrogens (tertiary/aromatic N) is 1. The Kier molecular flexibility index (Phi) is 4.17. The Balaban J connectivity index is 3.72. The summed E-state index contributed by atoms with van der Waals surface area (Å²) in [5, 5.41) is 1.70. The molecule has 0 bridgehead atoms. The van der Waals surface area contributed by atoms with E-state index in [9.17, 15) is 0 Å². The van der Waals surface area contributed by atoms with E-state index in [-0.39, 0.29) is 5.60 Å². The maximum Gasteiger partial charge on any atom is 0.0852 e. The van der Waals surface area contributed by atoms with Gasteiger partial charge in [0.2, 0.25) is 0 Å². The number of hydrogen-bond donors (Lipinski definition) is 0. The summed E-state index contributed by atoms with van der Waals surface area (Å²) in [6.45, 7) is 4.06. The molecule has 0 aromatic rings. The predicted octanol–water partition coefficient (Wildman–Crippen LogP) is 1.67. The highest BCUT2D eigenvalue weighted by atomic mass is 16.7. The lowest BCUT2D eigenvalue weighted by Gasteiger charge is -2.27. The number of hydroxylamine groups is 2.